The van der Waals surface area contributed by atoms with Gasteiger partial charge in [-0.2, -0.15) is 0 Å². The number of nitrogens with one attached hydrogen (secondary N) is 1. The lowest BCUT2D eigenvalue weighted by atomic mass is 10.0. The van der Waals surface area contributed by atoms with Crippen molar-refractivity contribution in [3.63, 3.8) is 0 Å². The molecule has 0 spiro atoms. The van der Waals surface area contributed by atoms with Crippen molar-refractivity contribution < 1.29 is 9.84 Å². The normalized spacial score (nSPS) is 18.6. The molecule has 1 saturated heterocycles. The van der Waals surface area contributed by atoms with Crippen LogP contribution >= 0.6 is 0 Å². The Kier molecular flexibility index (Phi) is 4.44. The number of hydrogen-bond acceptors (Lipinski definition) is 4. The van der Waals surface area contributed by atoms with Gasteiger partial charge in [-0.05, 0) is 19.9 Å². The number of piperazine rings is 1. The highest BCUT2D eigenvalue weighted by Gasteiger charge is 2.21. The Morgan fingerprint density at radius 1 is 1.39 bits per heavy atom. The summed E-state index contributed by atoms with van der Waals surface area (Å²) in [6.45, 7) is 8.67. The Bertz CT molecular complexity index is 389. The topological polar surface area (TPSA) is 44.7 Å². The molecule has 18 heavy (non-hydrogen) atoms. The van der Waals surface area contributed by atoms with Crippen LogP contribution in [0.1, 0.15) is 25.5 Å². The quantitative estimate of drug-likeness (QED) is 0.854. The van der Waals surface area contributed by atoms with Crippen LogP contribution in [0, 0.1) is 0 Å². The average Bonchev–Trinajstić information content (AvgIpc) is 2.42. The molecule has 2 rings (SSSR count). The molecule has 4 heteroatoms. The third kappa shape index (κ3) is 2.76. The van der Waals surface area contributed by atoms with Crippen molar-refractivity contribution in [2.45, 2.75) is 19.9 Å². The highest BCUT2D eigenvalue weighted by molar-refractivity contribution is 5.46. The van der Waals surface area contributed by atoms with E-state index in [0.29, 0.717) is 12.4 Å². The van der Waals surface area contributed by atoms with Gasteiger partial charge in [-0.15, -0.1) is 0 Å². The maximum absolute atomic E-state index is 10.3. The van der Waals surface area contributed by atoms with Gasteiger partial charge < -0.3 is 15.2 Å². The van der Waals surface area contributed by atoms with E-state index in [1.165, 1.54) is 0 Å². The summed E-state index contributed by atoms with van der Waals surface area (Å²) >= 11 is 0. The van der Waals surface area contributed by atoms with Crippen molar-refractivity contribution >= 4 is 0 Å². The predicted octanol–water partition coefficient (Wildman–Crippen LogP) is 1.76. The predicted molar refractivity (Wildman–Crippen MR) is 72.1 cm³/mol. The second-order valence-electron chi connectivity index (χ2n) is 4.59. The van der Waals surface area contributed by atoms with Gasteiger partial charge in [-0.1, -0.05) is 12.1 Å². The molecule has 0 amide bonds. The van der Waals surface area contributed by atoms with E-state index in [4.69, 9.17) is 4.74 Å². The summed E-state index contributed by atoms with van der Waals surface area (Å²) in [5.74, 6) is 0.863. The number of para-hydroxylation sites is 1. The minimum absolute atomic E-state index is 0.215. The Morgan fingerprint density at radius 3 is 2.78 bits per heavy atom. The zero-order valence-corrected chi connectivity index (χ0v) is 11.1. The number of phenols is 1. The number of phenolic OH excluding ortho intramolecular Hbond substituents is 1. The SMILES string of the molecule is CCOc1cccc([C@H](C)N2CCNCC2)c1O. The van der Waals surface area contributed by atoms with Crippen LogP contribution in [-0.2, 0) is 0 Å². The Balaban J connectivity index is 2.18. The number of rotatable bonds is 4. The first-order valence-electron chi connectivity index (χ1n) is 6.63. The van der Waals surface area contributed by atoms with Gasteiger partial charge in [0.05, 0.1) is 6.61 Å². The molecule has 1 aliphatic heterocycles. The second kappa shape index (κ2) is 6.07. The van der Waals surface area contributed by atoms with E-state index in [2.05, 4.69) is 17.1 Å². The van der Waals surface area contributed by atoms with E-state index in [9.17, 15) is 5.11 Å². The second-order valence-corrected chi connectivity index (χ2v) is 4.59. The third-order valence-corrected chi connectivity index (χ3v) is 3.48. The van der Waals surface area contributed by atoms with Crippen LogP contribution < -0.4 is 10.1 Å². The average molecular weight is 250 g/mol. The first-order chi connectivity index (χ1) is 8.74. The van der Waals surface area contributed by atoms with Crippen LogP contribution in [0.3, 0.4) is 0 Å². The molecule has 1 fully saturated rings. The van der Waals surface area contributed by atoms with Gasteiger partial charge in [0, 0.05) is 37.8 Å². The Hall–Kier alpha value is -1.26. The summed E-state index contributed by atoms with van der Waals surface area (Å²) < 4.78 is 5.43. The first-order valence-corrected chi connectivity index (χ1v) is 6.63. The molecule has 0 unspecified atom stereocenters. The van der Waals surface area contributed by atoms with Crippen molar-refractivity contribution in [3.8, 4) is 11.5 Å². The molecule has 1 aliphatic rings. The highest BCUT2D eigenvalue weighted by atomic mass is 16.5. The van der Waals surface area contributed by atoms with Crippen molar-refractivity contribution in [1.29, 1.82) is 0 Å². The maximum Gasteiger partial charge on any atom is 0.162 e. The molecule has 1 aromatic carbocycles. The Labute approximate surface area is 109 Å². The van der Waals surface area contributed by atoms with Crippen LogP contribution in [0.25, 0.3) is 0 Å². The van der Waals surface area contributed by atoms with Crippen molar-refractivity contribution in [3.05, 3.63) is 23.8 Å². The zero-order valence-electron chi connectivity index (χ0n) is 11.1. The van der Waals surface area contributed by atoms with Crippen molar-refractivity contribution in [2.75, 3.05) is 32.8 Å². The summed E-state index contributed by atoms with van der Waals surface area (Å²) in [6.07, 6.45) is 0. The van der Waals surface area contributed by atoms with Gasteiger partial charge in [-0.3, -0.25) is 4.90 Å². The smallest absolute Gasteiger partial charge is 0.162 e. The molecule has 0 saturated carbocycles. The van der Waals surface area contributed by atoms with Crippen LogP contribution in [0.4, 0.5) is 0 Å². The molecular weight excluding hydrogens is 228 g/mol. The number of benzene rings is 1. The molecule has 100 valence electrons. The van der Waals surface area contributed by atoms with E-state index >= 15 is 0 Å². The summed E-state index contributed by atoms with van der Waals surface area (Å²) in [5, 5.41) is 13.6. The summed E-state index contributed by atoms with van der Waals surface area (Å²) in [4.78, 5) is 2.38. The molecule has 1 atom stereocenters. The van der Waals surface area contributed by atoms with Gasteiger partial charge in [0.1, 0.15) is 0 Å². The van der Waals surface area contributed by atoms with Crippen LogP contribution in [0.2, 0.25) is 0 Å². The van der Waals surface area contributed by atoms with E-state index in [1.54, 1.807) is 0 Å². The Morgan fingerprint density at radius 2 is 2.11 bits per heavy atom. The fraction of sp³-hybridized carbons (Fsp3) is 0.571. The van der Waals surface area contributed by atoms with Gasteiger partial charge in [0.15, 0.2) is 11.5 Å². The summed E-state index contributed by atoms with van der Waals surface area (Å²) in [6, 6.07) is 5.95. The van der Waals surface area contributed by atoms with Crippen LogP contribution in [-0.4, -0.2) is 42.8 Å². The van der Waals surface area contributed by atoms with Gasteiger partial charge >= 0.3 is 0 Å². The standard InChI is InChI=1S/C14H22N2O2/c1-3-18-13-6-4-5-12(14(13)17)11(2)16-9-7-15-8-10-16/h4-6,11,15,17H,3,7-10H2,1-2H3/t11-/m0/s1. The minimum Gasteiger partial charge on any atom is -0.504 e. The van der Waals surface area contributed by atoms with Crippen LogP contribution in [0.15, 0.2) is 18.2 Å². The highest BCUT2D eigenvalue weighted by Crippen LogP contribution is 2.35. The van der Waals surface area contributed by atoms with E-state index in [-0.39, 0.29) is 11.8 Å². The molecule has 2 N–H and O–H groups in total. The lowest BCUT2D eigenvalue weighted by Gasteiger charge is -2.33. The zero-order chi connectivity index (χ0) is 13.0. The fourth-order valence-corrected chi connectivity index (χ4v) is 2.41. The van der Waals surface area contributed by atoms with E-state index in [0.717, 1.165) is 31.7 Å². The lowest BCUT2D eigenvalue weighted by Crippen LogP contribution is -2.44. The monoisotopic (exact) mass is 250 g/mol. The molecular formula is C14H22N2O2. The molecule has 0 bridgehead atoms. The molecule has 1 heterocycles. The van der Waals surface area contributed by atoms with E-state index < -0.39 is 0 Å². The van der Waals surface area contributed by atoms with Gasteiger partial charge in [-0.25, -0.2) is 0 Å². The third-order valence-electron chi connectivity index (χ3n) is 3.48. The minimum atomic E-state index is 0.215. The number of nitrogens with zero attached hydrogens (tertiary/aromatic N) is 1. The molecule has 1 aromatic rings. The summed E-state index contributed by atoms with van der Waals surface area (Å²) in [5.41, 5.74) is 0.947. The van der Waals surface area contributed by atoms with Crippen LogP contribution in [0.5, 0.6) is 11.5 Å². The molecule has 0 aliphatic carbocycles. The van der Waals surface area contributed by atoms with E-state index in [1.807, 2.05) is 25.1 Å². The molecule has 0 radical (unpaired) electrons. The number of aromatic hydroxyl groups is 1. The largest absolute Gasteiger partial charge is 0.504 e. The number of ether oxygens (including phenoxy) is 1. The molecule has 0 aromatic heterocycles. The lowest BCUT2D eigenvalue weighted by molar-refractivity contribution is 0.182. The van der Waals surface area contributed by atoms with Crippen molar-refractivity contribution in [2.24, 2.45) is 0 Å². The first kappa shape index (κ1) is 13.2. The van der Waals surface area contributed by atoms with Gasteiger partial charge in [0.25, 0.3) is 0 Å². The van der Waals surface area contributed by atoms with Crippen molar-refractivity contribution in [1.82, 2.24) is 10.2 Å². The number of hydrogen-bond donors (Lipinski definition) is 2. The van der Waals surface area contributed by atoms with Gasteiger partial charge in [0.2, 0.25) is 0 Å². The molecule has 4 nitrogen and oxygen atoms in total. The fourth-order valence-electron chi connectivity index (χ4n) is 2.41. The summed E-state index contributed by atoms with van der Waals surface area (Å²) in [7, 11) is 0. The maximum atomic E-state index is 10.3.